The number of hydrogen-bond donors (Lipinski definition) is 1. The van der Waals surface area contributed by atoms with Crippen LogP contribution in [0.5, 0.6) is 0 Å². The second kappa shape index (κ2) is 6.14. The van der Waals surface area contributed by atoms with Crippen molar-refractivity contribution in [2.24, 2.45) is 11.8 Å². The standard InChI is InChI=1S/C26H19NO4/c28-23-21-20-16-10-4-6-12-18(16)26(25(30)31,19-13-7-5-11-17(19)20)22(21)24(29)27(23)14-15-8-2-1-3-9-15/h1-13,20-22H,14H2,(H,30,31)/t20?,21-,22+,26?/m0/s1. The highest BCUT2D eigenvalue weighted by atomic mass is 16.4. The molecule has 1 N–H and O–H groups in total. The Morgan fingerprint density at radius 1 is 0.806 bits per heavy atom. The van der Waals surface area contributed by atoms with Gasteiger partial charge in [-0.1, -0.05) is 78.9 Å². The summed E-state index contributed by atoms with van der Waals surface area (Å²) in [6, 6.07) is 24.1. The number of imide groups is 1. The molecule has 3 aromatic carbocycles. The Kier molecular flexibility index (Phi) is 3.58. The molecule has 1 fully saturated rings. The molecule has 0 spiro atoms. The number of nitrogens with zero attached hydrogens (tertiary/aromatic N) is 1. The molecule has 5 heteroatoms. The number of aliphatic carboxylic acids is 1. The van der Waals surface area contributed by atoms with E-state index in [2.05, 4.69) is 0 Å². The Balaban J connectivity index is 1.61. The number of carboxylic acid groups (broad SMARTS) is 1. The minimum absolute atomic E-state index is 0.153. The van der Waals surface area contributed by atoms with Crippen LogP contribution in [0.3, 0.4) is 0 Å². The van der Waals surface area contributed by atoms with Crippen LogP contribution >= 0.6 is 0 Å². The van der Waals surface area contributed by atoms with Gasteiger partial charge in [-0.05, 0) is 27.8 Å². The van der Waals surface area contributed by atoms with Crippen molar-refractivity contribution < 1.29 is 19.5 Å². The maximum atomic E-state index is 13.7. The second-order valence-corrected chi connectivity index (χ2v) is 8.52. The summed E-state index contributed by atoms with van der Waals surface area (Å²) in [6.07, 6.45) is 0. The van der Waals surface area contributed by atoms with Gasteiger partial charge in [0.1, 0.15) is 5.41 Å². The summed E-state index contributed by atoms with van der Waals surface area (Å²) in [4.78, 5) is 41.7. The molecule has 3 aliphatic carbocycles. The highest BCUT2D eigenvalue weighted by molar-refractivity contribution is 6.12. The zero-order valence-electron chi connectivity index (χ0n) is 16.6. The highest BCUT2D eigenvalue weighted by Gasteiger charge is 2.71. The Hall–Kier alpha value is -3.73. The first-order chi connectivity index (χ1) is 15.1. The van der Waals surface area contributed by atoms with Gasteiger partial charge in [-0.2, -0.15) is 0 Å². The molecule has 2 atom stereocenters. The van der Waals surface area contributed by atoms with E-state index >= 15 is 0 Å². The SMILES string of the molecule is O=C1[C@H]2C3c4ccccc4C(C(=O)O)(c4ccccc43)[C@H]2C(=O)N1Cc1ccccc1. The fourth-order valence-corrected chi connectivity index (χ4v) is 6.12. The van der Waals surface area contributed by atoms with Crippen molar-refractivity contribution in [3.63, 3.8) is 0 Å². The Bertz CT molecular complexity index is 1220. The molecule has 0 unspecified atom stereocenters. The van der Waals surface area contributed by atoms with Gasteiger partial charge in [0, 0.05) is 5.92 Å². The molecule has 4 aliphatic rings. The largest absolute Gasteiger partial charge is 0.480 e. The predicted molar refractivity (Wildman–Crippen MR) is 112 cm³/mol. The van der Waals surface area contributed by atoms with Crippen LogP contribution in [0.15, 0.2) is 78.9 Å². The van der Waals surface area contributed by atoms with E-state index in [1.165, 1.54) is 4.90 Å². The lowest BCUT2D eigenvalue weighted by Crippen LogP contribution is -2.57. The molecule has 1 heterocycles. The number of likely N-dealkylation sites (tertiary alicyclic amines) is 1. The molecule has 1 saturated heterocycles. The number of rotatable bonds is 3. The van der Waals surface area contributed by atoms with Crippen molar-refractivity contribution in [2.45, 2.75) is 17.9 Å². The van der Waals surface area contributed by atoms with Gasteiger partial charge in [0.15, 0.2) is 0 Å². The van der Waals surface area contributed by atoms with Crippen LogP contribution < -0.4 is 0 Å². The molecule has 0 aromatic heterocycles. The van der Waals surface area contributed by atoms with E-state index in [0.717, 1.165) is 16.7 Å². The molecule has 3 aromatic rings. The molecule has 2 amide bonds. The number of carbonyl (C=O) groups excluding carboxylic acids is 2. The number of benzene rings is 3. The van der Waals surface area contributed by atoms with Crippen LogP contribution in [0.1, 0.15) is 33.7 Å². The molecular weight excluding hydrogens is 390 g/mol. The van der Waals surface area contributed by atoms with Gasteiger partial charge in [0.05, 0.1) is 18.4 Å². The molecule has 152 valence electrons. The quantitative estimate of drug-likeness (QED) is 0.674. The zero-order valence-corrected chi connectivity index (χ0v) is 16.6. The molecule has 7 rings (SSSR count). The Morgan fingerprint density at radius 2 is 1.35 bits per heavy atom. The van der Waals surface area contributed by atoms with Gasteiger partial charge >= 0.3 is 5.97 Å². The van der Waals surface area contributed by atoms with Crippen molar-refractivity contribution in [3.05, 3.63) is 107 Å². The van der Waals surface area contributed by atoms with Crippen molar-refractivity contribution in [1.29, 1.82) is 0 Å². The van der Waals surface area contributed by atoms with E-state index in [-0.39, 0.29) is 18.4 Å². The van der Waals surface area contributed by atoms with Crippen LogP contribution in [0.2, 0.25) is 0 Å². The lowest BCUT2D eigenvalue weighted by molar-refractivity contribution is -0.150. The number of carboxylic acids is 1. The van der Waals surface area contributed by atoms with Gasteiger partial charge in [0.25, 0.3) is 0 Å². The summed E-state index contributed by atoms with van der Waals surface area (Å²) in [5, 5.41) is 10.7. The monoisotopic (exact) mass is 409 g/mol. The second-order valence-electron chi connectivity index (χ2n) is 8.52. The van der Waals surface area contributed by atoms with E-state index in [1.807, 2.05) is 66.7 Å². The summed E-state index contributed by atoms with van der Waals surface area (Å²) in [7, 11) is 0. The van der Waals surface area contributed by atoms with Crippen LogP contribution in [0.4, 0.5) is 0 Å². The first kappa shape index (κ1) is 18.1. The summed E-state index contributed by atoms with van der Waals surface area (Å²) < 4.78 is 0. The third kappa shape index (κ3) is 2.08. The number of amides is 2. The predicted octanol–water partition coefficient (Wildman–Crippen LogP) is 3.32. The van der Waals surface area contributed by atoms with Gasteiger partial charge < -0.3 is 5.11 Å². The van der Waals surface area contributed by atoms with Gasteiger partial charge in [-0.25, -0.2) is 0 Å². The van der Waals surface area contributed by atoms with E-state index in [0.29, 0.717) is 11.1 Å². The lowest BCUT2D eigenvalue weighted by Gasteiger charge is -2.51. The third-order valence-corrected chi connectivity index (χ3v) is 7.23. The van der Waals surface area contributed by atoms with Crippen molar-refractivity contribution in [2.75, 3.05) is 0 Å². The topological polar surface area (TPSA) is 74.7 Å². The van der Waals surface area contributed by atoms with Crippen LogP contribution in [0, 0.1) is 11.8 Å². The first-order valence-electron chi connectivity index (χ1n) is 10.4. The van der Waals surface area contributed by atoms with E-state index in [9.17, 15) is 19.5 Å². The first-order valence-corrected chi connectivity index (χ1v) is 10.4. The number of carbonyl (C=O) groups is 3. The van der Waals surface area contributed by atoms with Gasteiger partial charge in [-0.15, -0.1) is 0 Å². The Morgan fingerprint density at radius 3 is 1.94 bits per heavy atom. The third-order valence-electron chi connectivity index (χ3n) is 7.23. The average Bonchev–Trinajstić information content (AvgIpc) is 3.05. The Labute approximate surface area is 178 Å². The lowest BCUT2D eigenvalue weighted by atomic mass is 9.47. The summed E-state index contributed by atoms with van der Waals surface area (Å²) in [5.41, 5.74) is 2.23. The summed E-state index contributed by atoms with van der Waals surface area (Å²) >= 11 is 0. The highest BCUT2D eigenvalue weighted by Crippen LogP contribution is 2.64. The van der Waals surface area contributed by atoms with E-state index in [1.54, 1.807) is 12.1 Å². The van der Waals surface area contributed by atoms with Gasteiger partial charge in [-0.3, -0.25) is 19.3 Å². The summed E-state index contributed by atoms with van der Waals surface area (Å²) in [5.74, 6) is -3.74. The molecule has 0 saturated carbocycles. The normalized spacial score (nSPS) is 27.6. The zero-order chi connectivity index (χ0) is 21.3. The molecule has 1 aliphatic heterocycles. The van der Waals surface area contributed by atoms with Crippen LogP contribution in [0.25, 0.3) is 0 Å². The van der Waals surface area contributed by atoms with E-state index < -0.39 is 29.1 Å². The average molecular weight is 409 g/mol. The maximum absolute atomic E-state index is 13.7. The minimum Gasteiger partial charge on any atom is -0.480 e. The minimum atomic E-state index is -1.56. The summed E-state index contributed by atoms with van der Waals surface area (Å²) in [6.45, 7) is 0.153. The van der Waals surface area contributed by atoms with Crippen LogP contribution in [-0.2, 0) is 26.3 Å². The molecular formula is C26H19NO4. The van der Waals surface area contributed by atoms with E-state index in [4.69, 9.17) is 0 Å². The maximum Gasteiger partial charge on any atom is 0.319 e. The fourth-order valence-electron chi connectivity index (χ4n) is 6.12. The fraction of sp³-hybridized carbons (Fsp3) is 0.192. The molecule has 0 radical (unpaired) electrons. The van der Waals surface area contributed by atoms with Gasteiger partial charge in [0.2, 0.25) is 11.8 Å². The van der Waals surface area contributed by atoms with Crippen molar-refractivity contribution >= 4 is 17.8 Å². The number of hydrogen-bond acceptors (Lipinski definition) is 3. The molecule has 5 nitrogen and oxygen atoms in total. The van der Waals surface area contributed by atoms with Crippen molar-refractivity contribution in [3.8, 4) is 0 Å². The molecule has 2 bridgehead atoms. The molecule has 31 heavy (non-hydrogen) atoms. The van der Waals surface area contributed by atoms with Crippen LogP contribution in [-0.4, -0.2) is 27.8 Å². The van der Waals surface area contributed by atoms with Crippen molar-refractivity contribution in [1.82, 2.24) is 4.90 Å². The smallest absolute Gasteiger partial charge is 0.319 e.